The number of nitrogen functional groups attached to an aromatic ring is 1. The molecule has 3 rings (SSSR count). The normalized spacial score (nSPS) is 20.2. The van der Waals surface area contributed by atoms with Crippen molar-refractivity contribution in [1.82, 2.24) is 15.0 Å². The number of hydrogen-bond donors (Lipinski definition) is 1. The van der Waals surface area contributed by atoms with E-state index in [0.717, 1.165) is 11.0 Å². The van der Waals surface area contributed by atoms with Gasteiger partial charge in [0, 0.05) is 5.69 Å². The van der Waals surface area contributed by atoms with Crippen molar-refractivity contribution in [2.75, 3.05) is 17.2 Å². The number of benzene rings is 1. The van der Waals surface area contributed by atoms with Crippen molar-refractivity contribution in [3.05, 3.63) is 18.2 Å². The van der Waals surface area contributed by atoms with Crippen molar-refractivity contribution in [3.8, 4) is 0 Å². The Kier molecular flexibility index (Phi) is 2.51. The molecule has 0 aliphatic carbocycles. The van der Waals surface area contributed by atoms with Crippen molar-refractivity contribution in [1.29, 1.82) is 0 Å². The van der Waals surface area contributed by atoms with Crippen LogP contribution in [-0.4, -0.2) is 34.9 Å². The van der Waals surface area contributed by atoms with Crippen molar-refractivity contribution in [3.63, 3.8) is 0 Å². The topological polar surface area (TPSA) is 90.9 Å². The van der Waals surface area contributed by atoms with E-state index in [-0.39, 0.29) is 17.5 Å². The number of fused-ring (bicyclic) bond motifs is 1. The molecule has 1 aromatic heterocycles. The maximum absolute atomic E-state index is 11.4. The molecule has 2 aromatic rings. The summed E-state index contributed by atoms with van der Waals surface area (Å²) >= 11 is 0. The van der Waals surface area contributed by atoms with Crippen LogP contribution in [0.1, 0.15) is 18.9 Å². The highest BCUT2D eigenvalue weighted by molar-refractivity contribution is 7.91. The number of rotatable bonds is 1. The predicted molar refractivity (Wildman–Crippen MR) is 68.9 cm³/mol. The average Bonchev–Trinajstić information content (AvgIpc) is 2.72. The molecule has 0 amide bonds. The first-order valence-corrected chi connectivity index (χ1v) is 7.68. The van der Waals surface area contributed by atoms with Gasteiger partial charge in [-0.05, 0) is 31.0 Å². The van der Waals surface area contributed by atoms with Crippen LogP contribution in [0.2, 0.25) is 0 Å². The van der Waals surface area contributed by atoms with Gasteiger partial charge in [-0.1, -0.05) is 5.21 Å². The highest BCUT2D eigenvalue weighted by Gasteiger charge is 2.26. The Bertz CT molecular complexity index is 678. The lowest BCUT2D eigenvalue weighted by Gasteiger charge is -2.22. The fourth-order valence-corrected chi connectivity index (χ4v) is 3.82. The Hall–Kier alpha value is -1.63. The zero-order valence-electron chi connectivity index (χ0n) is 9.78. The fraction of sp³-hybridized carbons (Fsp3) is 0.455. The molecular weight excluding hydrogens is 252 g/mol. The Morgan fingerprint density at radius 3 is 2.72 bits per heavy atom. The molecule has 0 radical (unpaired) electrons. The first kappa shape index (κ1) is 11.5. The highest BCUT2D eigenvalue weighted by atomic mass is 32.2. The van der Waals surface area contributed by atoms with Crippen LogP contribution in [0.15, 0.2) is 18.2 Å². The number of sulfone groups is 1. The van der Waals surface area contributed by atoms with E-state index >= 15 is 0 Å². The first-order valence-electron chi connectivity index (χ1n) is 5.86. The number of aromatic nitrogens is 3. The molecule has 1 saturated heterocycles. The molecule has 1 fully saturated rings. The van der Waals surface area contributed by atoms with Gasteiger partial charge in [0.25, 0.3) is 0 Å². The Balaban J connectivity index is 1.96. The van der Waals surface area contributed by atoms with Crippen LogP contribution in [0.5, 0.6) is 0 Å². The maximum Gasteiger partial charge on any atom is 0.150 e. The van der Waals surface area contributed by atoms with Gasteiger partial charge >= 0.3 is 0 Å². The SMILES string of the molecule is Nc1ccc2c(c1)nnn2C1CCS(=O)(=O)CC1. The molecule has 0 saturated carbocycles. The van der Waals surface area contributed by atoms with Crippen LogP contribution >= 0.6 is 0 Å². The Morgan fingerprint density at radius 1 is 1.28 bits per heavy atom. The summed E-state index contributed by atoms with van der Waals surface area (Å²) in [6.07, 6.45) is 1.20. The van der Waals surface area contributed by atoms with Crippen LogP contribution in [0, 0.1) is 0 Å². The third kappa shape index (κ3) is 1.94. The molecule has 1 aromatic carbocycles. The van der Waals surface area contributed by atoms with E-state index in [1.807, 2.05) is 16.8 Å². The summed E-state index contributed by atoms with van der Waals surface area (Å²) in [6.45, 7) is 0. The molecular formula is C11H14N4O2S. The zero-order chi connectivity index (χ0) is 12.8. The standard InChI is InChI=1S/C11H14N4O2S/c12-8-1-2-11-10(7-8)13-14-15(11)9-3-5-18(16,17)6-4-9/h1-2,7,9H,3-6,12H2. The number of anilines is 1. The predicted octanol–water partition coefficient (Wildman–Crippen LogP) is 0.763. The molecule has 7 heteroatoms. The molecule has 1 aliphatic rings. The molecule has 0 bridgehead atoms. The van der Waals surface area contributed by atoms with Crippen molar-refractivity contribution < 1.29 is 8.42 Å². The van der Waals surface area contributed by atoms with Crippen molar-refractivity contribution in [2.45, 2.75) is 18.9 Å². The van der Waals surface area contributed by atoms with E-state index in [4.69, 9.17) is 5.73 Å². The van der Waals surface area contributed by atoms with Crippen molar-refractivity contribution >= 4 is 26.6 Å². The van der Waals surface area contributed by atoms with E-state index in [0.29, 0.717) is 18.5 Å². The summed E-state index contributed by atoms with van der Waals surface area (Å²) in [5.41, 5.74) is 8.01. The minimum Gasteiger partial charge on any atom is -0.399 e. The Labute approximate surface area is 105 Å². The minimum absolute atomic E-state index is 0.113. The minimum atomic E-state index is -2.85. The number of nitrogens with two attached hydrogens (primary N) is 1. The number of nitrogens with zero attached hydrogens (tertiary/aromatic N) is 3. The van der Waals surface area contributed by atoms with E-state index in [2.05, 4.69) is 10.3 Å². The van der Waals surface area contributed by atoms with Gasteiger partial charge in [-0.15, -0.1) is 5.10 Å². The van der Waals surface area contributed by atoms with Gasteiger partial charge in [0.05, 0.1) is 23.1 Å². The third-order valence-corrected chi connectivity index (χ3v) is 5.08. The average molecular weight is 266 g/mol. The van der Waals surface area contributed by atoms with Crippen LogP contribution in [0.25, 0.3) is 11.0 Å². The quantitative estimate of drug-likeness (QED) is 0.770. The second-order valence-electron chi connectivity index (χ2n) is 4.67. The summed E-state index contributed by atoms with van der Waals surface area (Å²) in [4.78, 5) is 0. The second-order valence-corrected chi connectivity index (χ2v) is 6.97. The molecule has 0 unspecified atom stereocenters. The van der Waals surface area contributed by atoms with Crippen LogP contribution in [0.3, 0.4) is 0 Å². The second kappa shape index (κ2) is 3.94. The van der Waals surface area contributed by atoms with Crippen LogP contribution in [0.4, 0.5) is 5.69 Å². The van der Waals surface area contributed by atoms with Crippen molar-refractivity contribution in [2.24, 2.45) is 0 Å². The molecule has 1 aliphatic heterocycles. The van der Waals surface area contributed by atoms with Gasteiger partial charge in [0.2, 0.25) is 0 Å². The monoisotopic (exact) mass is 266 g/mol. The van der Waals surface area contributed by atoms with Gasteiger partial charge in [-0.25, -0.2) is 13.1 Å². The third-order valence-electron chi connectivity index (χ3n) is 3.37. The highest BCUT2D eigenvalue weighted by Crippen LogP contribution is 2.26. The van der Waals surface area contributed by atoms with Crippen LogP contribution < -0.4 is 5.73 Å². The van der Waals surface area contributed by atoms with E-state index in [9.17, 15) is 8.42 Å². The van der Waals surface area contributed by atoms with E-state index in [1.54, 1.807) is 6.07 Å². The zero-order valence-corrected chi connectivity index (χ0v) is 10.6. The lowest BCUT2D eigenvalue weighted by molar-refractivity contribution is 0.415. The molecule has 2 N–H and O–H groups in total. The van der Waals surface area contributed by atoms with Gasteiger partial charge in [-0.2, -0.15) is 0 Å². The smallest absolute Gasteiger partial charge is 0.150 e. The molecule has 2 heterocycles. The lowest BCUT2D eigenvalue weighted by Crippen LogP contribution is -2.26. The maximum atomic E-state index is 11.4. The molecule has 0 atom stereocenters. The number of hydrogen-bond acceptors (Lipinski definition) is 5. The largest absolute Gasteiger partial charge is 0.399 e. The van der Waals surface area contributed by atoms with E-state index in [1.165, 1.54) is 0 Å². The molecule has 96 valence electrons. The summed E-state index contributed by atoms with van der Waals surface area (Å²) in [7, 11) is -2.85. The first-order chi connectivity index (χ1) is 8.55. The van der Waals surface area contributed by atoms with Gasteiger partial charge < -0.3 is 5.73 Å². The Morgan fingerprint density at radius 2 is 2.00 bits per heavy atom. The molecule has 18 heavy (non-hydrogen) atoms. The fourth-order valence-electron chi connectivity index (χ4n) is 2.35. The molecule has 6 nitrogen and oxygen atoms in total. The summed E-state index contributed by atoms with van der Waals surface area (Å²) < 4.78 is 24.6. The summed E-state index contributed by atoms with van der Waals surface area (Å²) in [5, 5.41) is 8.20. The molecule has 0 spiro atoms. The van der Waals surface area contributed by atoms with Gasteiger partial charge in [0.15, 0.2) is 0 Å². The van der Waals surface area contributed by atoms with Gasteiger partial charge in [0.1, 0.15) is 15.4 Å². The van der Waals surface area contributed by atoms with Gasteiger partial charge in [-0.3, -0.25) is 0 Å². The lowest BCUT2D eigenvalue weighted by atomic mass is 10.1. The van der Waals surface area contributed by atoms with E-state index < -0.39 is 9.84 Å². The summed E-state index contributed by atoms with van der Waals surface area (Å²) in [5.74, 6) is 0.460. The summed E-state index contributed by atoms with van der Waals surface area (Å²) in [6, 6.07) is 5.58. The van der Waals surface area contributed by atoms with Crippen LogP contribution in [-0.2, 0) is 9.84 Å².